The van der Waals surface area contributed by atoms with E-state index in [9.17, 15) is 13.2 Å². The van der Waals surface area contributed by atoms with E-state index >= 15 is 0 Å². The molecule has 0 saturated carbocycles. The first-order valence-corrected chi connectivity index (χ1v) is 9.68. The number of rotatable bonds is 6. The van der Waals surface area contributed by atoms with Crippen molar-refractivity contribution in [2.45, 2.75) is 20.3 Å². The van der Waals surface area contributed by atoms with Crippen LogP contribution in [0, 0.1) is 0 Å². The lowest BCUT2D eigenvalue weighted by atomic mass is 10.1. The smallest absolute Gasteiger partial charge is 0.255 e. The second kappa shape index (κ2) is 7.49. The zero-order valence-electron chi connectivity index (χ0n) is 14.1. The number of carbonyl (C=O) groups is 1. The van der Waals surface area contributed by atoms with Crippen molar-refractivity contribution in [1.29, 1.82) is 0 Å². The van der Waals surface area contributed by atoms with Crippen molar-refractivity contribution in [3.05, 3.63) is 59.7 Å². The SMILES string of the molecule is CCc1ccccc1NC(=O)c1ccc(N(CC)S(C)(=O)=O)cc1. The van der Waals surface area contributed by atoms with Crippen LogP contribution < -0.4 is 9.62 Å². The average Bonchev–Trinajstić information content (AvgIpc) is 2.55. The molecule has 0 unspecified atom stereocenters. The fourth-order valence-electron chi connectivity index (χ4n) is 2.53. The molecule has 0 aliphatic carbocycles. The van der Waals surface area contributed by atoms with Crippen molar-refractivity contribution in [1.82, 2.24) is 0 Å². The number of nitrogens with one attached hydrogen (secondary N) is 1. The van der Waals surface area contributed by atoms with E-state index in [2.05, 4.69) is 5.32 Å². The van der Waals surface area contributed by atoms with E-state index in [4.69, 9.17) is 0 Å². The highest BCUT2D eigenvalue weighted by atomic mass is 32.2. The Kier molecular flexibility index (Phi) is 5.62. The minimum atomic E-state index is -3.33. The largest absolute Gasteiger partial charge is 0.322 e. The molecule has 1 amide bonds. The van der Waals surface area contributed by atoms with Crippen molar-refractivity contribution in [3.8, 4) is 0 Å². The van der Waals surface area contributed by atoms with Gasteiger partial charge in [-0.05, 0) is 49.2 Å². The molecule has 0 spiro atoms. The highest BCUT2D eigenvalue weighted by Crippen LogP contribution is 2.20. The maximum absolute atomic E-state index is 12.4. The summed E-state index contributed by atoms with van der Waals surface area (Å²) in [6.45, 7) is 4.14. The van der Waals surface area contributed by atoms with Crippen LogP contribution in [0.2, 0.25) is 0 Å². The molecule has 24 heavy (non-hydrogen) atoms. The number of sulfonamides is 1. The zero-order valence-corrected chi connectivity index (χ0v) is 14.9. The van der Waals surface area contributed by atoms with Crippen molar-refractivity contribution in [2.75, 3.05) is 22.4 Å². The Labute approximate surface area is 143 Å². The Morgan fingerprint density at radius 2 is 1.67 bits per heavy atom. The quantitative estimate of drug-likeness (QED) is 0.873. The molecule has 0 aliphatic rings. The molecule has 0 heterocycles. The van der Waals surface area contributed by atoms with Gasteiger partial charge < -0.3 is 5.32 Å². The van der Waals surface area contributed by atoms with Crippen LogP contribution in [0.1, 0.15) is 29.8 Å². The standard InChI is InChI=1S/C18H22N2O3S/c1-4-14-8-6-7-9-17(14)19-18(21)15-10-12-16(13-11-15)20(5-2)24(3,22)23/h6-13H,4-5H2,1-3H3,(H,19,21). The van der Waals surface area contributed by atoms with Crippen molar-refractivity contribution in [3.63, 3.8) is 0 Å². The number of para-hydroxylation sites is 1. The third-order valence-corrected chi connectivity index (χ3v) is 5.02. The molecule has 0 bridgehead atoms. The molecule has 6 heteroatoms. The van der Waals surface area contributed by atoms with E-state index in [1.807, 2.05) is 31.2 Å². The molecular weight excluding hydrogens is 324 g/mol. The number of anilines is 2. The van der Waals surface area contributed by atoms with E-state index in [-0.39, 0.29) is 5.91 Å². The normalized spacial score (nSPS) is 11.1. The molecule has 1 N–H and O–H groups in total. The van der Waals surface area contributed by atoms with E-state index in [0.717, 1.165) is 17.7 Å². The topological polar surface area (TPSA) is 66.5 Å². The van der Waals surface area contributed by atoms with Crippen LogP contribution in [0.5, 0.6) is 0 Å². The Bertz CT molecular complexity index is 814. The van der Waals surface area contributed by atoms with E-state index < -0.39 is 10.0 Å². The van der Waals surface area contributed by atoms with Gasteiger partial charge in [-0.2, -0.15) is 0 Å². The monoisotopic (exact) mass is 346 g/mol. The van der Waals surface area contributed by atoms with Crippen LogP contribution in [0.4, 0.5) is 11.4 Å². The summed E-state index contributed by atoms with van der Waals surface area (Å²) in [6.07, 6.45) is 1.99. The van der Waals surface area contributed by atoms with Crippen LogP contribution in [-0.4, -0.2) is 27.1 Å². The van der Waals surface area contributed by atoms with Crippen LogP contribution >= 0.6 is 0 Å². The van der Waals surface area contributed by atoms with E-state index in [1.165, 1.54) is 10.6 Å². The maximum atomic E-state index is 12.4. The van der Waals surface area contributed by atoms with Gasteiger partial charge in [0, 0.05) is 17.8 Å². The lowest BCUT2D eigenvalue weighted by molar-refractivity contribution is 0.102. The van der Waals surface area contributed by atoms with Crippen LogP contribution in [-0.2, 0) is 16.4 Å². The molecule has 0 fully saturated rings. The first-order valence-electron chi connectivity index (χ1n) is 7.83. The van der Waals surface area contributed by atoms with Gasteiger partial charge in [-0.25, -0.2) is 8.42 Å². The molecule has 0 radical (unpaired) electrons. The van der Waals surface area contributed by atoms with Gasteiger partial charge in [0.15, 0.2) is 0 Å². The molecular formula is C18H22N2O3S. The Balaban J connectivity index is 2.20. The molecule has 0 aromatic heterocycles. The summed E-state index contributed by atoms with van der Waals surface area (Å²) >= 11 is 0. The summed E-state index contributed by atoms with van der Waals surface area (Å²) in [4.78, 5) is 12.4. The number of amides is 1. The van der Waals surface area contributed by atoms with Gasteiger partial charge in [-0.1, -0.05) is 25.1 Å². The Hall–Kier alpha value is -2.34. The molecule has 2 aromatic carbocycles. The van der Waals surface area contributed by atoms with Crippen molar-refractivity contribution < 1.29 is 13.2 Å². The molecule has 2 rings (SSSR count). The minimum Gasteiger partial charge on any atom is -0.322 e. The predicted molar refractivity (Wildman–Crippen MR) is 98.1 cm³/mol. The highest BCUT2D eigenvalue weighted by molar-refractivity contribution is 7.92. The van der Waals surface area contributed by atoms with Crippen LogP contribution in [0.15, 0.2) is 48.5 Å². The number of hydrogen-bond acceptors (Lipinski definition) is 3. The first-order chi connectivity index (χ1) is 11.4. The lowest BCUT2D eigenvalue weighted by Crippen LogP contribution is -2.29. The molecule has 5 nitrogen and oxygen atoms in total. The number of aryl methyl sites for hydroxylation is 1. The first kappa shape index (κ1) is 18.0. The van der Waals surface area contributed by atoms with Gasteiger partial charge >= 0.3 is 0 Å². The molecule has 0 atom stereocenters. The summed E-state index contributed by atoms with van der Waals surface area (Å²) in [7, 11) is -3.33. The van der Waals surface area contributed by atoms with Crippen LogP contribution in [0.25, 0.3) is 0 Å². The molecule has 128 valence electrons. The third-order valence-electron chi connectivity index (χ3n) is 3.75. The average molecular weight is 346 g/mol. The highest BCUT2D eigenvalue weighted by Gasteiger charge is 2.16. The predicted octanol–water partition coefficient (Wildman–Crippen LogP) is 3.29. The van der Waals surface area contributed by atoms with E-state index in [1.54, 1.807) is 31.2 Å². The number of nitrogens with zero attached hydrogens (tertiary/aromatic N) is 1. The number of hydrogen-bond donors (Lipinski definition) is 1. The van der Waals surface area contributed by atoms with Gasteiger partial charge in [0.2, 0.25) is 10.0 Å². The Morgan fingerprint density at radius 1 is 1.04 bits per heavy atom. The third kappa shape index (κ3) is 4.14. The fraction of sp³-hybridized carbons (Fsp3) is 0.278. The summed E-state index contributed by atoms with van der Waals surface area (Å²) in [6, 6.07) is 14.2. The minimum absolute atomic E-state index is 0.218. The summed E-state index contributed by atoms with van der Waals surface area (Å²) < 4.78 is 24.8. The van der Waals surface area contributed by atoms with Gasteiger partial charge in [0.05, 0.1) is 11.9 Å². The summed E-state index contributed by atoms with van der Waals surface area (Å²) in [5, 5.41) is 2.90. The Morgan fingerprint density at radius 3 is 2.21 bits per heavy atom. The fourth-order valence-corrected chi connectivity index (χ4v) is 3.51. The number of benzene rings is 2. The number of carbonyl (C=O) groups excluding carboxylic acids is 1. The molecule has 2 aromatic rings. The van der Waals surface area contributed by atoms with Crippen LogP contribution in [0.3, 0.4) is 0 Å². The lowest BCUT2D eigenvalue weighted by Gasteiger charge is -2.20. The zero-order chi connectivity index (χ0) is 17.7. The summed E-state index contributed by atoms with van der Waals surface area (Å²) in [5.74, 6) is -0.218. The van der Waals surface area contributed by atoms with Crippen molar-refractivity contribution in [2.24, 2.45) is 0 Å². The van der Waals surface area contributed by atoms with Gasteiger partial charge in [-0.15, -0.1) is 0 Å². The van der Waals surface area contributed by atoms with Crippen molar-refractivity contribution >= 4 is 27.3 Å². The maximum Gasteiger partial charge on any atom is 0.255 e. The van der Waals surface area contributed by atoms with Gasteiger partial charge in [0.1, 0.15) is 0 Å². The van der Waals surface area contributed by atoms with Gasteiger partial charge in [-0.3, -0.25) is 9.10 Å². The summed E-state index contributed by atoms with van der Waals surface area (Å²) in [5.41, 5.74) is 2.89. The molecule has 0 saturated heterocycles. The second-order valence-electron chi connectivity index (χ2n) is 5.44. The molecule has 0 aliphatic heterocycles. The second-order valence-corrected chi connectivity index (χ2v) is 7.35. The van der Waals surface area contributed by atoms with Gasteiger partial charge in [0.25, 0.3) is 5.91 Å². The van der Waals surface area contributed by atoms with E-state index in [0.29, 0.717) is 17.8 Å².